The fourth-order valence-corrected chi connectivity index (χ4v) is 14.6. The first-order chi connectivity index (χ1) is 47.0. The number of rotatable bonds is 85. The standard InChI is InChI=1S/C89H175NO5/c1-3-5-7-9-11-13-15-17-19-21-22-23-24-38-41-44-47-50-53-57-61-65-69-73-77-81-87(92)86(85-91)90-88(93)82-78-74-70-66-62-58-54-51-48-45-42-39-36-34-32-30-28-26-25-27-29-31-33-35-37-40-43-46-49-52-56-60-64-68-72-76-80-84-95-89(94)83-79-75-71-67-63-59-55-20-18-16-14-12-10-8-6-4-2/h25,27,86-87,91-92H,3-24,26,28-85H2,1-2H3,(H,90,93)/b27-25-. The van der Waals surface area contributed by atoms with E-state index in [0.29, 0.717) is 25.9 Å². The summed E-state index contributed by atoms with van der Waals surface area (Å²) in [6.07, 6.45) is 109. The van der Waals surface area contributed by atoms with Gasteiger partial charge in [0, 0.05) is 12.8 Å². The van der Waals surface area contributed by atoms with Gasteiger partial charge < -0.3 is 20.3 Å². The fraction of sp³-hybridized carbons (Fsp3) is 0.955. The first kappa shape index (κ1) is 93.6. The third kappa shape index (κ3) is 81.5. The van der Waals surface area contributed by atoms with Gasteiger partial charge in [0.25, 0.3) is 0 Å². The number of allylic oxidation sites excluding steroid dienone is 2. The molecule has 3 N–H and O–H groups in total. The molecule has 6 heteroatoms. The molecular weight excluding hydrogens is 1160 g/mol. The largest absolute Gasteiger partial charge is 0.466 e. The molecule has 0 aliphatic carbocycles. The normalized spacial score (nSPS) is 12.4. The topological polar surface area (TPSA) is 95.9 Å². The molecule has 0 saturated carbocycles. The molecule has 1 amide bonds. The average Bonchev–Trinajstić information content (AvgIpc) is 2.26. The maximum Gasteiger partial charge on any atom is 0.305 e. The smallest absolute Gasteiger partial charge is 0.305 e. The Hall–Kier alpha value is -1.40. The highest BCUT2D eigenvalue weighted by Gasteiger charge is 2.20. The summed E-state index contributed by atoms with van der Waals surface area (Å²) >= 11 is 0. The third-order valence-corrected chi connectivity index (χ3v) is 21.3. The van der Waals surface area contributed by atoms with Gasteiger partial charge in [0.1, 0.15) is 0 Å². The lowest BCUT2D eigenvalue weighted by Crippen LogP contribution is -2.45. The molecule has 0 heterocycles. The van der Waals surface area contributed by atoms with Crippen molar-refractivity contribution in [3.05, 3.63) is 12.2 Å². The van der Waals surface area contributed by atoms with Gasteiger partial charge in [-0.1, -0.05) is 469 Å². The quantitative estimate of drug-likeness (QED) is 0.0320. The molecule has 0 aromatic rings. The van der Waals surface area contributed by atoms with Gasteiger partial charge in [-0.05, 0) is 51.4 Å². The van der Waals surface area contributed by atoms with Crippen molar-refractivity contribution in [2.45, 2.75) is 533 Å². The van der Waals surface area contributed by atoms with Crippen LogP contribution < -0.4 is 5.32 Å². The summed E-state index contributed by atoms with van der Waals surface area (Å²) in [6.45, 7) is 5.03. The highest BCUT2D eigenvalue weighted by Crippen LogP contribution is 2.21. The molecule has 566 valence electrons. The Kier molecular flexibility index (Phi) is 83.8. The van der Waals surface area contributed by atoms with Crippen molar-refractivity contribution in [3.63, 3.8) is 0 Å². The number of hydrogen-bond acceptors (Lipinski definition) is 5. The van der Waals surface area contributed by atoms with E-state index >= 15 is 0 Å². The van der Waals surface area contributed by atoms with Crippen LogP contribution in [0.15, 0.2) is 12.2 Å². The molecule has 0 bridgehead atoms. The average molecular weight is 1340 g/mol. The summed E-state index contributed by atoms with van der Waals surface area (Å²) in [5, 5.41) is 23.5. The van der Waals surface area contributed by atoms with Gasteiger partial charge in [-0.25, -0.2) is 0 Å². The van der Waals surface area contributed by atoms with Crippen LogP contribution in [0.1, 0.15) is 521 Å². The molecule has 0 spiro atoms. The molecule has 0 aromatic heterocycles. The van der Waals surface area contributed by atoms with E-state index in [1.165, 1.54) is 449 Å². The minimum absolute atomic E-state index is 0.0240. The number of aliphatic hydroxyl groups is 2. The van der Waals surface area contributed by atoms with E-state index in [1.807, 2.05) is 0 Å². The molecular formula is C89H175NO5. The number of aliphatic hydroxyl groups excluding tert-OH is 2. The van der Waals surface area contributed by atoms with Gasteiger partial charge >= 0.3 is 5.97 Å². The highest BCUT2D eigenvalue weighted by atomic mass is 16.5. The lowest BCUT2D eigenvalue weighted by Gasteiger charge is -2.22. The monoisotopic (exact) mass is 1340 g/mol. The highest BCUT2D eigenvalue weighted by molar-refractivity contribution is 5.76. The van der Waals surface area contributed by atoms with Crippen LogP contribution >= 0.6 is 0 Å². The van der Waals surface area contributed by atoms with Crippen molar-refractivity contribution in [2.24, 2.45) is 0 Å². The molecule has 95 heavy (non-hydrogen) atoms. The molecule has 0 aromatic carbocycles. The van der Waals surface area contributed by atoms with Gasteiger partial charge in [-0.3, -0.25) is 9.59 Å². The van der Waals surface area contributed by atoms with Crippen LogP contribution in [0.5, 0.6) is 0 Å². The Bertz CT molecular complexity index is 1450. The van der Waals surface area contributed by atoms with E-state index in [4.69, 9.17) is 4.74 Å². The van der Waals surface area contributed by atoms with E-state index in [2.05, 4.69) is 31.3 Å². The zero-order valence-electron chi connectivity index (χ0n) is 65.2. The first-order valence-corrected chi connectivity index (χ1v) is 44.4. The molecule has 0 aliphatic heterocycles. The first-order valence-electron chi connectivity index (χ1n) is 44.4. The number of ether oxygens (including phenoxy) is 1. The summed E-state index contributed by atoms with van der Waals surface area (Å²) in [6, 6.07) is -0.540. The van der Waals surface area contributed by atoms with Crippen molar-refractivity contribution in [1.29, 1.82) is 0 Å². The molecule has 6 nitrogen and oxygen atoms in total. The van der Waals surface area contributed by atoms with Crippen molar-refractivity contribution in [1.82, 2.24) is 5.32 Å². The van der Waals surface area contributed by atoms with E-state index < -0.39 is 12.1 Å². The summed E-state index contributed by atoms with van der Waals surface area (Å²) in [5.41, 5.74) is 0. The molecule has 0 radical (unpaired) electrons. The Morgan fingerprint density at radius 2 is 0.495 bits per heavy atom. The Morgan fingerprint density at radius 3 is 0.747 bits per heavy atom. The molecule has 0 rings (SSSR count). The van der Waals surface area contributed by atoms with E-state index in [-0.39, 0.29) is 18.5 Å². The molecule has 0 aliphatic rings. The van der Waals surface area contributed by atoms with Crippen molar-refractivity contribution in [3.8, 4) is 0 Å². The van der Waals surface area contributed by atoms with Crippen LogP contribution in [0.4, 0.5) is 0 Å². The van der Waals surface area contributed by atoms with Gasteiger partial charge in [-0.2, -0.15) is 0 Å². The summed E-state index contributed by atoms with van der Waals surface area (Å²) in [4.78, 5) is 24.7. The number of nitrogens with one attached hydrogen (secondary N) is 1. The van der Waals surface area contributed by atoms with Crippen LogP contribution in [0.25, 0.3) is 0 Å². The number of esters is 1. The lowest BCUT2D eigenvalue weighted by atomic mass is 10.0. The number of hydrogen-bond donors (Lipinski definition) is 3. The zero-order chi connectivity index (χ0) is 68.4. The molecule has 0 saturated heterocycles. The van der Waals surface area contributed by atoms with E-state index in [1.54, 1.807) is 0 Å². The van der Waals surface area contributed by atoms with Crippen molar-refractivity contribution in [2.75, 3.05) is 13.2 Å². The summed E-state index contributed by atoms with van der Waals surface area (Å²) in [5.74, 6) is 0.00241. The van der Waals surface area contributed by atoms with E-state index in [0.717, 1.165) is 38.5 Å². The Labute approximate surface area is 597 Å². The SMILES string of the molecule is CCCCCCCCCCCCCCCCCCCCCCCCCCCC(O)C(CO)NC(=O)CCCCCCCCCCCCCCCCCCC/C=C\CCCCCCCCCCCCCCCCCCOC(=O)CCCCCCCCCCCCCCCCCC. The number of unbranched alkanes of at least 4 members (excludes halogenated alkanes) is 72. The van der Waals surface area contributed by atoms with Gasteiger partial charge in [0.2, 0.25) is 5.91 Å². The zero-order valence-corrected chi connectivity index (χ0v) is 65.2. The number of carbonyl (C=O) groups is 2. The Morgan fingerprint density at radius 1 is 0.284 bits per heavy atom. The second kappa shape index (κ2) is 85.0. The van der Waals surface area contributed by atoms with Crippen LogP contribution in [-0.4, -0.2) is 47.4 Å². The van der Waals surface area contributed by atoms with Crippen LogP contribution in [0.2, 0.25) is 0 Å². The summed E-state index contributed by atoms with van der Waals surface area (Å²) < 4.78 is 5.52. The predicted octanol–water partition coefficient (Wildman–Crippen LogP) is 29.8. The number of carbonyl (C=O) groups excluding carboxylic acids is 2. The Balaban J connectivity index is 3.32. The van der Waals surface area contributed by atoms with Crippen LogP contribution in [0.3, 0.4) is 0 Å². The molecule has 0 fully saturated rings. The maximum atomic E-state index is 12.6. The second-order valence-electron chi connectivity index (χ2n) is 30.9. The van der Waals surface area contributed by atoms with Gasteiger partial charge in [0.15, 0.2) is 0 Å². The van der Waals surface area contributed by atoms with Crippen molar-refractivity contribution < 1.29 is 24.5 Å². The molecule has 2 atom stereocenters. The molecule has 2 unspecified atom stereocenters. The van der Waals surface area contributed by atoms with Crippen LogP contribution in [0, 0.1) is 0 Å². The maximum absolute atomic E-state index is 12.6. The second-order valence-corrected chi connectivity index (χ2v) is 30.9. The lowest BCUT2D eigenvalue weighted by molar-refractivity contribution is -0.143. The fourth-order valence-electron chi connectivity index (χ4n) is 14.6. The number of amides is 1. The predicted molar refractivity (Wildman–Crippen MR) is 421 cm³/mol. The van der Waals surface area contributed by atoms with E-state index in [9.17, 15) is 19.8 Å². The van der Waals surface area contributed by atoms with Gasteiger partial charge in [-0.15, -0.1) is 0 Å². The third-order valence-electron chi connectivity index (χ3n) is 21.3. The van der Waals surface area contributed by atoms with Gasteiger partial charge in [0.05, 0.1) is 25.4 Å². The van der Waals surface area contributed by atoms with Crippen molar-refractivity contribution >= 4 is 11.9 Å². The summed E-state index contributed by atoms with van der Waals surface area (Å²) in [7, 11) is 0. The van der Waals surface area contributed by atoms with Crippen LogP contribution in [-0.2, 0) is 14.3 Å². The minimum atomic E-state index is -0.663. The minimum Gasteiger partial charge on any atom is -0.466 e.